The number of amides is 2. The quantitative estimate of drug-likeness (QED) is 0.233. The first-order chi connectivity index (χ1) is 20.2. The van der Waals surface area contributed by atoms with Crippen molar-refractivity contribution in [1.82, 2.24) is 10.2 Å². The molecule has 1 atom stereocenters. The Hall–Kier alpha value is -3.76. The summed E-state index contributed by atoms with van der Waals surface area (Å²) in [6, 6.07) is 18.7. The highest BCUT2D eigenvalue weighted by Gasteiger charge is 2.35. The summed E-state index contributed by atoms with van der Waals surface area (Å²) in [4.78, 5) is 28.9. The lowest BCUT2D eigenvalue weighted by molar-refractivity contribution is -0.140. The molecule has 0 saturated carbocycles. The number of unbranched alkanes of at least 4 members (excludes halogenated alkanes) is 1. The minimum Gasteiger partial charge on any atom is -0.497 e. The lowest BCUT2D eigenvalue weighted by atomic mass is 10.1. The fourth-order valence-electron chi connectivity index (χ4n) is 4.46. The third-order valence-electron chi connectivity index (χ3n) is 6.79. The van der Waals surface area contributed by atoms with E-state index < -0.39 is 28.5 Å². The van der Waals surface area contributed by atoms with Gasteiger partial charge in [0.2, 0.25) is 11.8 Å². The zero-order valence-corrected chi connectivity index (χ0v) is 26.0. The van der Waals surface area contributed by atoms with Gasteiger partial charge < -0.3 is 19.7 Å². The average Bonchev–Trinajstić information content (AvgIpc) is 3.00. The summed E-state index contributed by atoms with van der Waals surface area (Å²) in [5, 5.41) is 3.35. The van der Waals surface area contributed by atoms with Gasteiger partial charge in [-0.05, 0) is 60.9 Å². The van der Waals surface area contributed by atoms with Crippen LogP contribution < -0.4 is 19.1 Å². The third kappa shape index (κ3) is 7.95. The summed E-state index contributed by atoms with van der Waals surface area (Å²) in [5.41, 5.74) is 0.816. The number of ether oxygens (including phenoxy) is 2. The largest absolute Gasteiger partial charge is 0.497 e. The number of para-hydroxylation sites is 2. The number of benzene rings is 3. The van der Waals surface area contributed by atoms with E-state index in [9.17, 15) is 18.0 Å². The second kappa shape index (κ2) is 15.5. The monoisotopic (exact) mass is 615 g/mol. The molecule has 1 N–H and O–H groups in total. The predicted molar refractivity (Wildman–Crippen MR) is 165 cm³/mol. The maximum Gasteiger partial charge on any atom is 0.264 e. The molecule has 0 radical (unpaired) electrons. The first-order valence-corrected chi connectivity index (χ1v) is 15.6. The van der Waals surface area contributed by atoms with E-state index in [1.807, 2.05) is 13.8 Å². The molecular formula is C31H38ClN3O6S. The third-order valence-corrected chi connectivity index (χ3v) is 8.94. The number of nitrogens with zero attached hydrogens (tertiary/aromatic N) is 2. The number of sulfonamides is 1. The second-order valence-corrected chi connectivity index (χ2v) is 11.8. The van der Waals surface area contributed by atoms with Gasteiger partial charge in [0.05, 0.1) is 24.8 Å². The standard InChI is InChI=1S/C31H38ClN3O6S/c1-5-7-20-33-31(37)27(6-2)34(21-23-12-8-9-13-26(23)32)30(36)22-35(28-14-10-11-15-29(28)41-4)42(38,39)25-18-16-24(40-3)17-19-25/h8-19,27H,5-7,20-22H2,1-4H3,(H,33,37). The van der Waals surface area contributed by atoms with Crippen LogP contribution >= 0.6 is 11.6 Å². The topological polar surface area (TPSA) is 105 Å². The van der Waals surface area contributed by atoms with E-state index in [1.54, 1.807) is 48.5 Å². The normalized spacial score (nSPS) is 11.8. The van der Waals surface area contributed by atoms with E-state index in [2.05, 4.69) is 5.32 Å². The highest BCUT2D eigenvalue weighted by atomic mass is 35.5. The summed E-state index contributed by atoms with van der Waals surface area (Å²) < 4.78 is 39.8. The van der Waals surface area contributed by atoms with Crippen LogP contribution in [0.5, 0.6) is 11.5 Å². The number of methoxy groups -OCH3 is 2. The molecule has 1 unspecified atom stereocenters. The number of carbonyl (C=O) groups excluding carboxylic acids is 2. The molecule has 0 spiro atoms. The first kappa shape index (κ1) is 32.8. The van der Waals surface area contributed by atoms with Crippen molar-refractivity contribution in [2.24, 2.45) is 0 Å². The lowest BCUT2D eigenvalue weighted by Crippen LogP contribution is -2.52. The molecule has 3 rings (SSSR count). The van der Waals surface area contributed by atoms with Crippen molar-refractivity contribution >= 4 is 39.1 Å². The maximum absolute atomic E-state index is 14.2. The van der Waals surface area contributed by atoms with E-state index in [1.165, 1.54) is 43.4 Å². The van der Waals surface area contributed by atoms with Gasteiger partial charge in [-0.15, -0.1) is 0 Å². The zero-order chi connectivity index (χ0) is 30.7. The SMILES string of the molecule is CCCCNC(=O)C(CC)N(Cc1ccccc1Cl)C(=O)CN(c1ccccc1OC)S(=O)(=O)c1ccc(OC)cc1. The fourth-order valence-corrected chi connectivity index (χ4v) is 6.08. The molecule has 11 heteroatoms. The summed E-state index contributed by atoms with van der Waals surface area (Å²) in [6.45, 7) is 3.73. The molecule has 0 aliphatic carbocycles. The Kier molecular flexibility index (Phi) is 12.1. The number of halogens is 1. The number of hydrogen-bond donors (Lipinski definition) is 1. The van der Waals surface area contributed by atoms with Gasteiger partial charge in [0.25, 0.3) is 10.0 Å². The minimum absolute atomic E-state index is 0.0144. The van der Waals surface area contributed by atoms with Gasteiger partial charge in [-0.3, -0.25) is 13.9 Å². The van der Waals surface area contributed by atoms with Crippen molar-refractivity contribution < 1.29 is 27.5 Å². The van der Waals surface area contributed by atoms with Gasteiger partial charge in [0.15, 0.2) is 0 Å². The molecule has 3 aromatic carbocycles. The molecule has 0 bridgehead atoms. The van der Waals surface area contributed by atoms with Crippen LogP contribution in [0.15, 0.2) is 77.7 Å². The molecule has 0 aliphatic heterocycles. The van der Waals surface area contributed by atoms with Crippen LogP contribution in [0.3, 0.4) is 0 Å². The molecule has 2 amide bonds. The van der Waals surface area contributed by atoms with E-state index >= 15 is 0 Å². The van der Waals surface area contributed by atoms with Crippen LogP contribution in [0.2, 0.25) is 5.02 Å². The number of rotatable bonds is 15. The highest BCUT2D eigenvalue weighted by molar-refractivity contribution is 7.92. The maximum atomic E-state index is 14.2. The lowest BCUT2D eigenvalue weighted by Gasteiger charge is -2.33. The van der Waals surface area contributed by atoms with Crippen molar-refractivity contribution in [2.75, 3.05) is 31.6 Å². The fraction of sp³-hybridized carbons (Fsp3) is 0.355. The van der Waals surface area contributed by atoms with Gasteiger partial charge in [0.1, 0.15) is 24.1 Å². The van der Waals surface area contributed by atoms with Gasteiger partial charge in [-0.2, -0.15) is 0 Å². The van der Waals surface area contributed by atoms with E-state index in [0.717, 1.165) is 17.1 Å². The van der Waals surface area contributed by atoms with Crippen LogP contribution in [0, 0.1) is 0 Å². The summed E-state index contributed by atoms with van der Waals surface area (Å²) in [6.07, 6.45) is 2.01. The Labute approximate surface area is 253 Å². The van der Waals surface area contributed by atoms with E-state index in [4.69, 9.17) is 21.1 Å². The minimum atomic E-state index is -4.27. The molecule has 0 aliphatic rings. The van der Waals surface area contributed by atoms with E-state index in [-0.39, 0.29) is 28.8 Å². The van der Waals surface area contributed by atoms with Crippen molar-refractivity contribution in [3.63, 3.8) is 0 Å². The molecule has 226 valence electrons. The molecule has 0 fully saturated rings. The van der Waals surface area contributed by atoms with Crippen molar-refractivity contribution in [1.29, 1.82) is 0 Å². The van der Waals surface area contributed by atoms with Gasteiger partial charge in [-0.25, -0.2) is 8.42 Å². The van der Waals surface area contributed by atoms with Crippen molar-refractivity contribution in [3.05, 3.63) is 83.4 Å². The van der Waals surface area contributed by atoms with Crippen LogP contribution in [0.25, 0.3) is 0 Å². The van der Waals surface area contributed by atoms with Gasteiger partial charge in [-0.1, -0.05) is 62.2 Å². The molecule has 0 saturated heterocycles. The smallest absolute Gasteiger partial charge is 0.264 e. The first-order valence-electron chi connectivity index (χ1n) is 13.8. The summed E-state index contributed by atoms with van der Waals surface area (Å²) in [5.74, 6) is -0.132. The van der Waals surface area contributed by atoms with Crippen LogP contribution in [0.1, 0.15) is 38.7 Å². The Morgan fingerprint density at radius 3 is 2.21 bits per heavy atom. The van der Waals surface area contributed by atoms with Crippen LogP contribution in [-0.2, 0) is 26.2 Å². The van der Waals surface area contributed by atoms with Crippen molar-refractivity contribution in [2.45, 2.75) is 50.6 Å². The predicted octanol–water partition coefficient (Wildman–Crippen LogP) is 5.28. The molecule has 0 heterocycles. The van der Waals surface area contributed by atoms with Crippen LogP contribution in [0.4, 0.5) is 5.69 Å². The Bertz CT molecular complexity index is 1450. The Morgan fingerprint density at radius 2 is 1.60 bits per heavy atom. The highest BCUT2D eigenvalue weighted by Crippen LogP contribution is 2.33. The van der Waals surface area contributed by atoms with Crippen molar-refractivity contribution in [3.8, 4) is 11.5 Å². The number of carbonyl (C=O) groups is 2. The number of anilines is 1. The van der Waals surface area contributed by atoms with Crippen LogP contribution in [-0.4, -0.2) is 58.5 Å². The van der Waals surface area contributed by atoms with Gasteiger partial charge in [0, 0.05) is 18.1 Å². The average molecular weight is 616 g/mol. The molecule has 9 nitrogen and oxygen atoms in total. The Balaban J connectivity index is 2.08. The molecule has 3 aromatic rings. The summed E-state index contributed by atoms with van der Waals surface area (Å²) in [7, 11) is -1.36. The molecule has 42 heavy (non-hydrogen) atoms. The summed E-state index contributed by atoms with van der Waals surface area (Å²) >= 11 is 6.45. The Morgan fingerprint density at radius 1 is 0.929 bits per heavy atom. The molecule has 0 aromatic heterocycles. The van der Waals surface area contributed by atoms with E-state index in [0.29, 0.717) is 29.3 Å². The second-order valence-electron chi connectivity index (χ2n) is 9.54. The molecular weight excluding hydrogens is 578 g/mol. The number of nitrogens with one attached hydrogen (secondary N) is 1. The zero-order valence-electron chi connectivity index (χ0n) is 24.4. The number of hydrogen-bond acceptors (Lipinski definition) is 6. The van der Waals surface area contributed by atoms with Gasteiger partial charge >= 0.3 is 0 Å².